The molecule has 0 aromatic rings. The van der Waals surface area contributed by atoms with Gasteiger partial charge in [0.15, 0.2) is 0 Å². The molecule has 0 saturated carbocycles. The van der Waals surface area contributed by atoms with Crippen LogP contribution < -0.4 is 0 Å². The minimum absolute atomic E-state index is 1.01. The fourth-order valence-corrected chi connectivity index (χ4v) is 0.548. The summed E-state index contributed by atoms with van der Waals surface area (Å²) in [6.45, 7) is 0. The largest absolute Gasteiger partial charge is 0.159 e. The standard InChI is InChI=1S/C2H3N2P/c1-2-5-4-3-1/h1H,2H2. The highest BCUT2D eigenvalue weighted by atomic mass is 31.1. The van der Waals surface area contributed by atoms with Gasteiger partial charge in [0.2, 0.25) is 0 Å². The van der Waals surface area contributed by atoms with Crippen LogP contribution in [0, 0.1) is 0 Å². The van der Waals surface area contributed by atoms with Crippen LogP contribution in [0.5, 0.6) is 0 Å². The van der Waals surface area contributed by atoms with Gasteiger partial charge in [-0.15, -0.1) is 4.85 Å². The van der Waals surface area contributed by atoms with E-state index in [1.165, 1.54) is 0 Å². The second-order valence-corrected chi connectivity index (χ2v) is 1.54. The number of nitrogens with zero attached hydrogens (tertiary/aromatic N) is 2. The Bertz CT molecular complexity index is 65.7. The van der Waals surface area contributed by atoms with Gasteiger partial charge >= 0.3 is 0 Å². The maximum atomic E-state index is 3.62. The smallest absolute Gasteiger partial charge is 0.0465 e. The minimum Gasteiger partial charge on any atom is -0.159 e. The predicted octanol–water partition coefficient (Wildman–Crippen LogP) is 1.12. The third kappa shape index (κ3) is 0.519. The summed E-state index contributed by atoms with van der Waals surface area (Å²) in [6.07, 6.45) is 2.82. The summed E-state index contributed by atoms with van der Waals surface area (Å²) in [5.41, 5.74) is 0. The molecule has 0 fully saturated rings. The average molecular weight is 86.0 g/mol. The van der Waals surface area contributed by atoms with Crippen molar-refractivity contribution < 1.29 is 0 Å². The van der Waals surface area contributed by atoms with E-state index >= 15 is 0 Å². The fraction of sp³-hybridized carbons (Fsp3) is 0.500. The number of hydrogen-bond acceptors (Lipinski definition) is 2. The molecule has 0 radical (unpaired) electrons. The molecule has 0 atom stereocenters. The molecule has 2 nitrogen and oxygen atoms in total. The van der Waals surface area contributed by atoms with E-state index in [-0.39, 0.29) is 0 Å². The first-order valence-electron chi connectivity index (χ1n) is 1.38. The number of rotatable bonds is 0. The summed E-state index contributed by atoms with van der Waals surface area (Å²) in [7, 11) is 1.09. The van der Waals surface area contributed by atoms with Gasteiger partial charge in [0.05, 0.1) is 0 Å². The van der Waals surface area contributed by atoms with Gasteiger partial charge in [0.25, 0.3) is 0 Å². The van der Waals surface area contributed by atoms with Crippen molar-refractivity contribution in [3.05, 3.63) is 0 Å². The fourth-order valence-electron chi connectivity index (χ4n) is 0.183. The molecule has 1 aliphatic rings. The average Bonchev–Trinajstić information content (AvgIpc) is 1.76. The van der Waals surface area contributed by atoms with Crippen LogP contribution >= 0.6 is 8.37 Å². The van der Waals surface area contributed by atoms with E-state index < -0.39 is 0 Å². The molecule has 1 rings (SSSR count). The van der Waals surface area contributed by atoms with Crippen molar-refractivity contribution in [2.45, 2.75) is 0 Å². The molecule has 1 heterocycles. The van der Waals surface area contributed by atoms with E-state index in [1.54, 1.807) is 0 Å². The molecule has 0 bridgehead atoms. The molecule has 0 N–H and O–H groups in total. The van der Waals surface area contributed by atoms with Crippen LogP contribution in [0.25, 0.3) is 0 Å². The summed E-state index contributed by atoms with van der Waals surface area (Å²) in [5, 5.41) is 3.57. The van der Waals surface area contributed by atoms with E-state index in [0.717, 1.165) is 14.5 Å². The van der Waals surface area contributed by atoms with Gasteiger partial charge in [-0.25, -0.2) is 0 Å². The molecule has 0 spiro atoms. The molecule has 0 aliphatic carbocycles. The van der Waals surface area contributed by atoms with E-state index in [2.05, 4.69) is 9.96 Å². The third-order valence-electron chi connectivity index (χ3n) is 0.360. The Morgan fingerprint density at radius 3 is 3.00 bits per heavy atom. The maximum Gasteiger partial charge on any atom is 0.0465 e. The summed E-state index contributed by atoms with van der Waals surface area (Å²) >= 11 is 0. The topological polar surface area (TPSA) is 24.7 Å². The lowest BCUT2D eigenvalue weighted by Gasteiger charge is -1.48. The van der Waals surface area contributed by atoms with Crippen LogP contribution in [0.3, 0.4) is 0 Å². The van der Waals surface area contributed by atoms with E-state index in [1.807, 2.05) is 6.21 Å². The summed E-state index contributed by atoms with van der Waals surface area (Å²) in [4.78, 5) is 3.62. The highest BCUT2D eigenvalue weighted by molar-refractivity contribution is 7.28. The zero-order valence-electron chi connectivity index (χ0n) is 2.63. The van der Waals surface area contributed by atoms with Gasteiger partial charge in [-0.05, 0) is 0 Å². The molecule has 3 heteroatoms. The van der Waals surface area contributed by atoms with Crippen LogP contribution in [-0.4, -0.2) is 12.4 Å². The summed E-state index contributed by atoms with van der Waals surface area (Å²) in [5.74, 6) is 0. The lowest BCUT2D eigenvalue weighted by Crippen LogP contribution is -1.59. The van der Waals surface area contributed by atoms with Gasteiger partial charge in [-0.1, -0.05) is 0 Å². The Kier molecular flexibility index (Phi) is 0.758. The molecule has 1 aliphatic heterocycles. The predicted molar refractivity (Wildman–Crippen MR) is 22.7 cm³/mol. The highest BCUT2D eigenvalue weighted by Crippen LogP contribution is 2.01. The molecular weight excluding hydrogens is 83.0 g/mol. The monoisotopic (exact) mass is 86.0 g/mol. The molecule has 5 heavy (non-hydrogen) atoms. The Morgan fingerprint density at radius 1 is 1.80 bits per heavy atom. The molecule has 0 saturated heterocycles. The van der Waals surface area contributed by atoms with Crippen molar-refractivity contribution in [3.63, 3.8) is 0 Å². The van der Waals surface area contributed by atoms with Crippen molar-refractivity contribution in [1.29, 1.82) is 0 Å². The van der Waals surface area contributed by atoms with Crippen molar-refractivity contribution >= 4 is 14.6 Å². The first kappa shape index (κ1) is 2.98. The van der Waals surface area contributed by atoms with Crippen LogP contribution in [0.4, 0.5) is 0 Å². The molecule has 0 unspecified atom stereocenters. The Hall–Kier alpha value is -0.230. The van der Waals surface area contributed by atoms with Gasteiger partial charge in [0, 0.05) is 20.7 Å². The van der Waals surface area contributed by atoms with E-state index in [4.69, 9.17) is 0 Å². The zero-order chi connectivity index (χ0) is 3.54. The first-order chi connectivity index (χ1) is 2.50. The molecule has 0 aromatic carbocycles. The lowest BCUT2D eigenvalue weighted by atomic mass is 10.9. The number of hydrogen-bond donors (Lipinski definition) is 0. The Labute approximate surface area is 31.8 Å². The summed E-state index contributed by atoms with van der Waals surface area (Å²) in [6, 6.07) is 0. The lowest BCUT2D eigenvalue weighted by molar-refractivity contribution is 1.31. The minimum atomic E-state index is 1.01. The van der Waals surface area contributed by atoms with Gasteiger partial charge in [-0.3, -0.25) is 0 Å². The third-order valence-corrected chi connectivity index (χ3v) is 0.916. The van der Waals surface area contributed by atoms with Crippen molar-refractivity contribution in [2.75, 3.05) is 6.16 Å². The normalized spacial score (nSPS) is 20.8. The van der Waals surface area contributed by atoms with Gasteiger partial charge in [-0.2, -0.15) is 5.10 Å². The van der Waals surface area contributed by atoms with E-state index in [9.17, 15) is 0 Å². The van der Waals surface area contributed by atoms with Gasteiger partial charge < -0.3 is 0 Å². The molecule has 0 aromatic heterocycles. The van der Waals surface area contributed by atoms with Crippen molar-refractivity contribution in [1.82, 2.24) is 0 Å². The van der Waals surface area contributed by atoms with Crippen LogP contribution in [-0.2, 0) is 0 Å². The molecule has 26 valence electrons. The van der Waals surface area contributed by atoms with Crippen molar-refractivity contribution in [2.24, 2.45) is 9.96 Å². The van der Waals surface area contributed by atoms with Crippen molar-refractivity contribution in [3.8, 4) is 0 Å². The zero-order valence-corrected chi connectivity index (χ0v) is 3.52. The van der Waals surface area contributed by atoms with Gasteiger partial charge in [0.1, 0.15) is 0 Å². The first-order valence-corrected chi connectivity index (χ1v) is 2.42. The summed E-state index contributed by atoms with van der Waals surface area (Å²) < 4.78 is 0. The van der Waals surface area contributed by atoms with E-state index in [0.29, 0.717) is 0 Å². The highest BCUT2D eigenvalue weighted by Gasteiger charge is 1.76. The quantitative estimate of drug-likeness (QED) is 0.394. The Morgan fingerprint density at radius 2 is 2.80 bits per heavy atom. The SMILES string of the molecule is C1=NN=PC1. The Balaban J connectivity index is 2.61. The van der Waals surface area contributed by atoms with Crippen LogP contribution in [0.2, 0.25) is 0 Å². The molecule has 0 amide bonds. The van der Waals surface area contributed by atoms with Crippen LogP contribution in [0.15, 0.2) is 9.96 Å². The maximum absolute atomic E-state index is 3.62. The second-order valence-electron chi connectivity index (χ2n) is 0.711. The second kappa shape index (κ2) is 1.27. The molecular formula is C2H3N2P. The van der Waals surface area contributed by atoms with Crippen LogP contribution in [0.1, 0.15) is 0 Å².